The number of hydrogen-bond acceptors (Lipinski definition) is 8. The van der Waals surface area contributed by atoms with Gasteiger partial charge in [-0.1, -0.05) is 9.64 Å². The van der Waals surface area contributed by atoms with E-state index >= 15 is 4.39 Å². The SMILES string of the molecule is Cc1nnsc1-c1noc2c(F)c(N3C[C@@H](C)O[C@@H](C)C3)c(C=O)cc12. The molecule has 2 aromatic heterocycles. The molecule has 0 saturated carbocycles. The maximum absolute atomic E-state index is 15.3. The first kappa shape index (κ1) is 17.0. The normalized spacial score (nSPS) is 20.7. The minimum absolute atomic E-state index is 0.0280. The van der Waals surface area contributed by atoms with Crippen LogP contribution < -0.4 is 4.90 Å². The Labute approximate surface area is 152 Å². The molecule has 26 heavy (non-hydrogen) atoms. The number of anilines is 1. The second-order valence-electron chi connectivity index (χ2n) is 6.50. The fourth-order valence-corrected chi connectivity index (χ4v) is 4.08. The van der Waals surface area contributed by atoms with Crippen LogP contribution in [0.4, 0.5) is 10.1 Å². The fraction of sp³-hybridized carbons (Fsp3) is 0.412. The van der Waals surface area contributed by atoms with Crippen molar-refractivity contribution >= 4 is 34.5 Å². The number of ether oxygens (including phenoxy) is 1. The molecule has 1 saturated heterocycles. The molecule has 136 valence electrons. The maximum atomic E-state index is 15.3. The minimum atomic E-state index is -0.584. The van der Waals surface area contributed by atoms with Gasteiger partial charge in [-0.2, -0.15) is 0 Å². The molecule has 3 heterocycles. The Morgan fingerprint density at radius 2 is 2.08 bits per heavy atom. The van der Waals surface area contributed by atoms with Crippen molar-refractivity contribution in [3.8, 4) is 10.6 Å². The Kier molecular flexibility index (Phi) is 4.20. The summed E-state index contributed by atoms with van der Waals surface area (Å²) in [4.78, 5) is 14.2. The van der Waals surface area contributed by atoms with Crippen molar-refractivity contribution in [2.45, 2.75) is 33.0 Å². The molecule has 1 aliphatic heterocycles. The Morgan fingerprint density at radius 1 is 1.35 bits per heavy atom. The number of halogens is 1. The number of aromatic nitrogens is 3. The molecule has 9 heteroatoms. The molecule has 0 aliphatic carbocycles. The highest BCUT2D eigenvalue weighted by Gasteiger charge is 2.29. The number of nitrogens with zero attached hydrogens (tertiary/aromatic N) is 4. The van der Waals surface area contributed by atoms with E-state index in [0.717, 1.165) is 11.5 Å². The highest BCUT2D eigenvalue weighted by molar-refractivity contribution is 7.09. The monoisotopic (exact) mass is 376 g/mol. The van der Waals surface area contributed by atoms with Crippen LogP contribution in [0.15, 0.2) is 10.6 Å². The summed E-state index contributed by atoms with van der Waals surface area (Å²) in [5.41, 5.74) is 1.65. The first-order valence-electron chi connectivity index (χ1n) is 8.26. The summed E-state index contributed by atoms with van der Waals surface area (Å²) >= 11 is 1.15. The number of aldehydes is 1. The number of hydrogen-bond donors (Lipinski definition) is 0. The Hall–Kier alpha value is -2.39. The van der Waals surface area contributed by atoms with Crippen LogP contribution >= 0.6 is 11.5 Å². The summed E-state index contributed by atoms with van der Waals surface area (Å²) in [6.07, 6.45) is 0.533. The summed E-state index contributed by atoms with van der Waals surface area (Å²) in [5, 5.41) is 8.40. The Morgan fingerprint density at radius 3 is 2.69 bits per heavy atom. The number of fused-ring (bicyclic) bond motifs is 1. The van der Waals surface area contributed by atoms with E-state index in [-0.39, 0.29) is 29.0 Å². The molecular weight excluding hydrogens is 359 g/mol. The highest BCUT2D eigenvalue weighted by atomic mass is 32.1. The molecule has 2 atom stereocenters. The highest BCUT2D eigenvalue weighted by Crippen LogP contribution is 2.38. The third-order valence-corrected chi connectivity index (χ3v) is 5.27. The van der Waals surface area contributed by atoms with Crippen molar-refractivity contribution in [3.05, 3.63) is 23.1 Å². The van der Waals surface area contributed by atoms with Gasteiger partial charge in [0.1, 0.15) is 10.6 Å². The minimum Gasteiger partial charge on any atom is -0.372 e. The van der Waals surface area contributed by atoms with Crippen molar-refractivity contribution in [3.63, 3.8) is 0 Å². The number of rotatable bonds is 3. The van der Waals surface area contributed by atoms with Crippen LogP contribution in [0.5, 0.6) is 0 Å². The standard InChI is InChI=1S/C17H17FN4O3S/c1-8-5-22(6-9(2)24-8)15-11(7-23)4-12-14(17-10(3)19-21-26-17)20-25-16(12)13(15)18/h4,7-9H,5-6H2,1-3H3/t8-,9+. The lowest BCUT2D eigenvalue weighted by Crippen LogP contribution is -2.46. The maximum Gasteiger partial charge on any atom is 0.205 e. The number of carbonyl (C=O) groups excluding carboxylic acids is 1. The smallest absolute Gasteiger partial charge is 0.205 e. The molecule has 7 nitrogen and oxygen atoms in total. The second kappa shape index (κ2) is 6.40. The molecule has 0 spiro atoms. The molecule has 1 fully saturated rings. The van der Waals surface area contributed by atoms with E-state index in [4.69, 9.17) is 9.26 Å². The molecule has 3 aromatic rings. The van der Waals surface area contributed by atoms with Crippen LogP contribution in [0.1, 0.15) is 29.9 Å². The van der Waals surface area contributed by atoms with Gasteiger partial charge in [0.05, 0.1) is 29.0 Å². The van der Waals surface area contributed by atoms with Gasteiger partial charge in [-0.15, -0.1) is 5.10 Å². The van der Waals surface area contributed by atoms with Crippen molar-refractivity contribution in [2.24, 2.45) is 0 Å². The molecule has 1 aromatic carbocycles. The summed E-state index contributed by atoms with van der Waals surface area (Å²) in [6, 6.07) is 1.62. The summed E-state index contributed by atoms with van der Waals surface area (Å²) in [7, 11) is 0. The van der Waals surface area contributed by atoms with Crippen LogP contribution in [-0.4, -0.2) is 46.3 Å². The number of aryl methyl sites for hydroxylation is 1. The van der Waals surface area contributed by atoms with E-state index in [2.05, 4.69) is 14.7 Å². The van der Waals surface area contributed by atoms with Gasteiger partial charge in [0.15, 0.2) is 12.1 Å². The van der Waals surface area contributed by atoms with E-state index in [1.54, 1.807) is 13.0 Å². The van der Waals surface area contributed by atoms with Gasteiger partial charge in [0, 0.05) is 18.7 Å². The third kappa shape index (κ3) is 2.67. The first-order valence-corrected chi connectivity index (χ1v) is 9.03. The number of carbonyl (C=O) groups is 1. The van der Waals surface area contributed by atoms with Gasteiger partial charge in [0.25, 0.3) is 0 Å². The van der Waals surface area contributed by atoms with Crippen LogP contribution in [0.25, 0.3) is 21.5 Å². The van der Waals surface area contributed by atoms with Gasteiger partial charge in [0.2, 0.25) is 5.58 Å². The lowest BCUT2D eigenvalue weighted by atomic mass is 10.0. The summed E-state index contributed by atoms with van der Waals surface area (Å²) in [6.45, 7) is 6.62. The zero-order chi connectivity index (χ0) is 18.4. The molecule has 1 aliphatic rings. The first-order chi connectivity index (χ1) is 12.5. The van der Waals surface area contributed by atoms with Gasteiger partial charge in [-0.3, -0.25) is 4.79 Å². The lowest BCUT2D eigenvalue weighted by Gasteiger charge is -2.37. The largest absolute Gasteiger partial charge is 0.372 e. The molecule has 0 N–H and O–H groups in total. The van der Waals surface area contributed by atoms with Gasteiger partial charge in [-0.25, -0.2) is 4.39 Å². The average Bonchev–Trinajstić information content (AvgIpc) is 3.19. The van der Waals surface area contributed by atoms with Gasteiger partial charge >= 0.3 is 0 Å². The van der Waals surface area contributed by atoms with Crippen LogP contribution in [0, 0.1) is 12.7 Å². The van der Waals surface area contributed by atoms with Crippen molar-refractivity contribution in [1.82, 2.24) is 14.7 Å². The van der Waals surface area contributed by atoms with E-state index < -0.39 is 5.82 Å². The molecular formula is C17H17FN4O3S. The quantitative estimate of drug-likeness (QED) is 0.649. The molecule has 4 rings (SSSR count). The van der Waals surface area contributed by atoms with Crippen molar-refractivity contribution < 1.29 is 18.4 Å². The predicted molar refractivity (Wildman–Crippen MR) is 95.2 cm³/mol. The van der Waals surface area contributed by atoms with Gasteiger partial charge < -0.3 is 14.2 Å². The second-order valence-corrected chi connectivity index (χ2v) is 7.26. The zero-order valence-corrected chi connectivity index (χ0v) is 15.3. The Bertz CT molecular complexity index is 976. The van der Waals surface area contributed by atoms with E-state index in [1.165, 1.54) is 0 Å². The fourth-order valence-electron chi connectivity index (χ4n) is 3.43. The lowest BCUT2D eigenvalue weighted by molar-refractivity contribution is -0.00543. The van der Waals surface area contributed by atoms with E-state index in [1.807, 2.05) is 18.7 Å². The van der Waals surface area contributed by atoms with E-state index in [0.29, 0.717) is 41.0 Å². The van der Waals surface area contributed by atoms with Crippen LogP contribution in [-0.2, 0) is 4.74 Å². The van der Waals surface area contributed by atoms with Crippen molar-refractivity contribution in [1.29, 1.82) is 0 Å². The molecule has 0 radical (unpaired) electrons. The summed E-state index contributed by atoms with van der Waals surface area (Å²) < 4.78 is 30.2. The number of benzene rings is 1. The third-order valence-electron chi connectivity index (χ3n) is 4.44. The summed E-state index contributed by atoms with van der Waals surface area (Å²) in [5.74, 6) is -0.584. The predicted octanol–water partition coefficient (Wildman–Crippen LogP) is 3.22. The van der Waals surface area contributed by atoms with Crippen LogP contribution in [0.2, 0.25) is 0 Å². The Balaban J connectivity index is 1.89. The van der Waals surface area contributed by atoms with Crippen LogP contribution in [0.3, 0.4) is 0 Å². The molecule has 0 unspecified atom stereocenters. The van der Waals surface area contributed by atoms with Gasteiger partial charge in [-0.05, 0) is 38.4 Å². The molecule has 0 bridgehead atoms. The molecule has 0 amide bonds. The van der Waals surface area contributed by atoms with E-state index in [9.17, 15) is 4.79 Å². The van der Waals surface area contributed by atoms with Crippen molar-refractivity contribution in [2.75, 3.05) is 18.0 Å². The number of morpholine rings is 1. The zero-order valence-electron chi connectivity index (χ0n) is 14.5. The average molecular weight is 376 g/mol. The topological polar surface area (TPSA) is 81.3 Å².